The van der Waals surface area contributed by atoms with Crippen LogP contribution in [0.2, 0.25) is 0 Å². The number of fused-ring (bicyclic) bond motifs is 5. The van der Waals surface area contributed by atoms with Crippen molar-refractivity contribution in [3.63, 3.8) is 0 Å². The fourth-order valence-corrected chi connectivity index (χ4v) is 3.94. The first-order valence-electron chi connectivity index (χ1n) is 9.19. The summed E-state index contributed by atoms with van der Waals surface area (Å²) < 4.78 is 16.6. The highest BCUT2D eigenvalue weighted by molar-refractivity contribution is 5.96. The van der Waals surface area contributed by atoms with Gasteiger partial charge in [0.1, 0.15) is 5.76 Å². The fourth-order valence-electron chi connectivity index (χ4n) is 3.94. The molecule has 1 heterocycles. The zero-order chi connectivity index (χ0) is 18.6. The minimum absolute atomic E-state index is 0.218. The van der Waals surface area contributed by atoms with Crippen LogP contribution in [0.4, 0.5) is 0 Å². The maximum Gasteiger partial charge on any atom is 0.343 e. The van der Waals surface area contributed by atoms with E-state index in [1.807, 2.05) is 12.2 Å². The van der Waals surface area contributed by atoms with Crippen molar-refractivity contribution >= 4 is 35.0 Å². The molecule has 27 heavy (non-hydrogen) atoms. The number of allylic oxidation sites excluding steroid dienone is 3. The van der Waals surface area contributed by atoms with E-state index in [4.69, 9.17) is 14.2 Å². The molecule has 2 aromatic rings. The van der Waals surface area contributed by atoms with Crippen LogP contribution in [-0.2, 0) is 25.4 Å². The van der Waals surface area contributed by atoms with Crippen molar-refractivity contribution in [2.75, 3.05) is 6.61 Å². The molecule has 0 amide bonds. The molecular formula is C23H20O4. The molecule has 136 valence electrons. The normalized spacial score (nSPS) is 21.9. The second-order valence-corrected chi connectivity index (χ2v) is 7.52. The minimum Gasteiger partial charge on any atom is -0.425 e. The Morgan fingerprint density at radius 3 is 2.78 bits per heavy atom. The number of ether oxygens (including phenoxy) is 3. The lowest BCUT2D eigenvalue weighted by molar-refractivity contribution is -0.166. The molecule has 0 bridgehead atoms. The monoisotopic (exact) mass is 360 g/mol. The molecular weight excluding hydrogens is 340 g/mol. The van der Waals surface area contributed by atoms with E-state index in [-0.39, 0.29) is 6.61 Å². The molecule has 5 rings (SSSR count). The van der Waals surface area contributed by atoms with Crippen molar-refractivity contribution in [2.24, 2.45) is 0 Å². The lowest BCUT2D eigenvalue weighted by Gasteiger charge is -2.17. The molecule has 0 aromatic heterocycles. The highest BCUT2D eigenvalue weighted by Gasteiger charge is 2.38. The van der Waals surface area contributed by atoms with E-state index in [2.05, 4.69) is 42.5 Å². The van der Waals surface area contributed by atoms with E-state index in [1.165, 1.54) is 27.1 Å². The van der Waals surface area contributed by atoms with Crippen molar-refractivity contribution in [3.05, 3.63) is 63.7 Å². The third kappa shape index (κ3) is 2.82. The number of hydrogen-bond donors (Lipinski definition) is 0. The van der Waals surface area contributed by atoms with E-state index in [1.54, 1.807) is 13.8 Å². The van der Waals surface area contributed by atoms with Gasteiger partial charge in [0, 0.05) is 0 Å². The number of benzene rings is 2. The molecule has 0 N–H and O–H groups in total. The summed E-state index contributed by atoms with van der Waals surface area (Å²) in [6, 6.07) is 8.59. The van der Waals surface area contributed by atoms with Crippen LogP contribution in [0, 0.1) is 0 Å². The lowest BCUT2D eigenvalue weighted by Crippen LogP contribution is -2.28. The Kier molecular flexibility index (Phi) is 3.61. The van der Waals surface area contributed by atoms with Gasteiger partial charge in [0.05, 0.1) is 6.61 Å². The van der Waals surface area contributed by atoms with Crippen LogP contribution in [0.1, 0.15) is 25.0 Å². The van der Waals surface area contributed by atoms with Gasteiger partial charge >= 0.3 is 5.97 Å². The number of hydrogen-bond acceptors (Lipinski definition) is 4. The molecule has 0 spiro atoms. The third-order valence-electron chi connectivity index (χ3n) is 5.26. The minimum atomic E-state index is -0.744. The van der Waals surface area contributed by atoms with Crippen molar-refractivity contribution in [3.8, 4) is 0 Å². The zero-order valence-corrected chi connectivity index (χ0v) is 15.3. The van der Waals surface area contributed by atoms with Crippen LogP contribution < -0.4 is 10.4 Å². The summed E-state index contributed by atoms with van der Waals surface area (Å²) in [5.74, 6) is -0.591. The molecule has 2 aromatic carbocycles. The highest BCUT2D eigenvalue weighted by atomic mass is 16.8. The van der Waals surface area contributed by atoms with Crippen molar-refractivity contribution in [1.82, 2.24) is 0 Å². The summed E-state index contributed by atoms with van der Waals surface area (Å²) in [4.78, 5) is 12.4. The first kappa shape index (κ1) is 16.5. The molecule has 1 aliphatic heterocycles. The summed E-state index contributed by atoms with van der Waals surface area (Å²) in [5, 5.41) is 4.85. The van der Waals surface area contributed by atoms with Gasteiger partial charge in [-0.3, -0.25) is 0 Å². The van der Waals surface area contributed by atoms with E-state index in [0.717, 1.165) is 11.6 Å². The topological polar surface area (TPSA) is 44.8 Å². The van der Waals surface area contributed by atoms with Gasteiger partial charge in [-0.15, -0.1) is 0 Å². The van der Waals surface area contributed by atoms with Crippen LogP contribution in [0.5, 0.6) is 0 Å². The molecule has 1 unspecified atom stereocenters. The Morgan fingerprint density at radius 2 is 1.96 bits per heavy atom. The van der Waals surface area contributed by atoms with E-state index >= 15 is 0 Å². The lowest BCUT2D eigenvalue weighted by atomic mass is 9.94. The van der Waals surface area contributed by atoms with Crippen molar-refractivity contribution < 1.29 is 19.0 Å². The molecule has 3 aliphatic rings. The Labute approximate surface area is 157 Å². The summed E-state index contributed by atoms with van der Waals surface area (Å²) in [5.41, 5.74) is 2.54. The van der Waals surface area contributed by atoms with Gasteiger partial charge in [-0.25, -0.2) is 4.79 Å². The molecule has 1 saturated heterocycles. The number of carbonyl (C=O) groups excluding carboxylic acids is 1. The molecule has 0 saturated carbocycles. The zero-order valence-electron chi connectivity index (χ0n) is 15.3. The summed E-state index contributed by atoms with van der Waals surface area (Å²) in [6.45, 7) is 3.80. The van der Waals surface area contributed by atoms with Gasteiger partial charge in [0.15, 0.2) is 11.9 Å². The third-order valence-corrected chi connectivity index (χ3v) is 5.26. The van der Waals surface area contributed by atoms with Gasteiger partial charge in [-0.05, 0) is 64.8 Å². The largest absolute Gasteiger partial charge is 0.425 e. The van der Waals surface area contributed by atoms with Gasteiger partial charge < -0.3 is 14.2 Å². The SMILES string of the molecule is CC1(C)OCC(C(=O)OC2=CCc3c(ccc4c5c(ccc34)=CC=C5)=C2)O1. The molecule has 4 heteroatoms. The first-order valence-corrected chi connectivity index (χ1v) is 9.19. The predicted octanol–water partition coefficient (Wildman–Crippen LogP) is 2.56. The summed E-state index contributed by atoms with van der Waals surface area (Å²) in [7, 11) is 0. The molecule has 4 nitrogen and oxygen atoms in total. The van der Waals surface area contributed by atoms with E-state index < -0.39 is 17.9 Å². The smallest absolute Gasteiger partial charge is 0.343 e. The number of rotatable bonds is 2. The van der Waals surface area contributed by atoms with Crippen LogP contribution in [0.25, 0.3) is 29.0 Å². The summed E-state index contributed by atoms with van der Waals surface area (Å²) >= 11 is 0. The number of carbonyl (C=O) groups is 1. The van der Waals surface area contributed by atoms with Gasteiger partial charge in [0.25, 0.3) is 0 Å². The average molecular weight is 360 g/mol. The van der Waals surface area contributed by atoms with Crippen molar-refractivity contribution in [1.29, 1.82) is 0 Å². The van der Waals surface area contributed by atoms with Crippen LogP contribution in [0.3, 0.4) is 0 Å². The molecule has 1 fully saturated rings. The molecule has 0 radical (unpaired) electrons. The van der Waals surface area contributed by atoms with Gasteiger partial charge in [0.2, 0.25) is 0 Å². The van der Waals surface area contributed by atoms with E-state index in [0.29, 0.717) is 5.76 Å². The number of esters is 1. The standard InChI is InChI=1S/C23H20O4/c1-23(2)25-13-21(27-23)22(24)26-16-8-11-18-15(12-16)7-10-19-17-5-3-4-14(17)6-9-20(18)19/h3-10,12,21H,11,13H2,1-2H3. The first-order chi connectivity index (χ1) is 13.0. The summed E-state index contributed by atoms with van der Waals surface area (Å²) in [6.07, 6.45) is 10.3. The van der Waals surface area contributed by atoms with Gasteiger partial charge in [-0.2, -0.15) is 0 Å². The molecule has 1 atom stereocenters. The molecule has 2 aliphatic carbocycles. The van der Waals surface area contributed by atoms with Crippen LogP contribution in [-0.4, -0.2) is 24.5 Å². The highest BCUT2D eigenvalue weighted by Crippen LogP contribution is 2.26. The Bertz CT molecular complexity index is 1150. The van der Waals surface area contributed by atoms with Crippen LogP contribution >= 0.6 is 0 Å². The fraction of sp³-hybridized carbons (Fsp3) is 0.261. The van der Waals surface area contributed by atoms with E-state index in [9.17, 15) is 4.79 Å². The Balaban J connectivity index is 1.45. The predicted molar refractivity (Wildman–Crippen MR) is 104 cm³/mol. The maximum atomic E-state index is 12.4. The second-order valence-electron chi connectivity index (χ2n) is 7.52. The maximum absolute atomic E-state index is 12.4. The second kappa shape index (κ2) is 5.91. The Hall–Kier alpha value is -2.69. The Morgan fingerprint density at radius 1 is 1.15 bits per heavy atom. The quantitative estimate of drug-likeness (QED) is 0.772. The van der Waals surface area contributed by atoms with Gasteiger partial charge in [-0.1, -0.05) is 42.5 Å². The van der Waals surface area contributed by atoms with Crippen LogP contribution in [0.15, 0.2) is 42.2 Å². The average Bonchev–Trinajstić information content (AvgIpc) is 3.27. The van der Waals surface area contributed by atoms with Crippen molar-refractivity contribution in [2.45, 2.75) is 32.2 Å².